The number of rotatable bonds is 7. The molecule has 1 aliphatic rings. The molecule has 0 bridgehead atoms. The highest BCUT2D eigenvalue weighted by atomic mass is 16.5. The summed E-state index contributed by atoms with van der Waals surface area (Å²) in [7, 11) is 0. The molecule has 1 unspecified atom stereocenters. The molecule has 0 aliphatic carbocycles. The number of aliphatic hydroxyl groups excluding tert-OH is 1. The lowest BCUT2D eigenvalue weighted by Crippen LogP contribution is -2.29. The van der Waals surface area contributed by atoms with Gasteiger partial charge in [-0.15, -0.1) is 0 Å². The molecule has 1 atom stereocenters. The first-order valence-corrected chi connectivity index (χ1v) is 12.7. The maximum absolute atomic E-state index is 13.6. The van der Waals surface area contributed by atoms with Crippen LogP contribution in [0.4, 0.5) is 5.69 Å². The summed E-state index contributed by atoms with van der Waals surface area (Å²) >= 11 is 0. The number of ether oxygens (including phenoxy) is 2. The molecule has 1 fully saturated rings. The van der Waals surface area contributed by atoms with Gasteiger partial charge in [0, 0.05) is 17.3 Å². The van der Waals surface area contributed by atoms with E-state index in [-0.39, 0.29) is 11.3 Å². The van der Waals surface area contributed by atoms with Crippen LogP contribution in [0.25, 0.3) is 16.5 Å². The summed E-state index contributed by atoms with van der Waals surface area (Å²) in [5.41, 5.74) is 2.69. The van der Waals surface area contributed by atoms with E-state index in [9.17, 15) is 14.7 Å². The molecule has 4 aromatic rings. The molecule has 6 nitrogen and oxygen atoms in total. The number of amides is 1. The Bertz CT molecular complexity index is 1570. The number of ketones is 1. The van der Waals surface area contributed by atoms with Gasteiger partial charge in [-0.05, 0) is 55.3 Å². The number of aliphatic hydroxyl groups is 1. The van der Waals surface area contributed by atoms with Gasteiger partial charge in [-0.3, -0.25) is 14.5 Å². The standard InChI is InChI=1S/C32H29NO5/c1-4-37-26-16-15-25(19-27(26)38-5-2)33-29(23-12-8-9-20(3)17-23)28(31(35)32(33)36)30(34)24-14-13-21-10-6-7-11-22(21)18-24/h6-19,29,34H,4-5H2,1-3H3/b30-28-. The molecule has 0 aromatic heterocycles. The minimum absolute atomic E-state index is 0.0442. The number of hydrogen-bond acceptors (Lipinski definition) is 5. The Morgan fingerprint density at radius 2 is 1.55 bits per heavy atom. The first kappa shape index (κ1) is 25.1. The van der Waals surface area contributed by atoms with Crippen LogP contribution in [0.3, 0.4) is 0 Å². The zero-order chi connectivity index (χ0) is 26.8. The van der Waals surface area contributed by atoms with E-state index in [1.807, 2.05) is 81.4 Å². The fraction of sp³-hybridized carbons (Fsp3) is 0.188. The number of Topliss-reactive ketones (excluding diaryl/α,β-unsaturated/α-hetero) is 1. The van der Waals surface area contributed by atoms with Gasteiger partial charge in [0.2, 0.25) is 0 Å². The molecular formula is C32H29NO5. The van der Waals surface area contributed by atoms with Gasteiger partial charge >= 0.3 is 0 Å². The van der Waals surface area contributed by atoms with Crippen LogP contribution >= 0.6 is 0 Å². The molecule has 1 N–H and O–H groups in total. The number of benzene rings is 4. The summed E-state index contributed by atoms with van der Waals surface area (Å²) in [6, 6.07) is 25.2. The predicted octanol–water partition coefficient (Wildman–Crippen LogP) is 6.57. The zero-order valence-electron chi connectivity index (χ0n) is 21.6. The minimum Gasteiger partial charge on any atom is -0.507 e. The number of anilines is 1. The van der Waals surface area contributed by atoms with Crippen molar-refractivity contribution in [3.05, 3.63) is 107 Å². The van der Waals surface area contributed by atoms with Crippen LogP contribution in [0.1, 0.15) is 36.6 Å². The van der Waals surface area contributed by atoms with Crippen molar-refractivity contribution in [3.63, 3.8) is 0 Å². The zero-order valence-corrected chi connectivity index (χ0v) is 21.6. The number of carbonyl (C=O) groups is 2. The first-order valence-electron chi connectivity index (χ1n) is 12.7. The van der Waals surface area contributed by atoms with Gasteiger partial charge in [0.15, 0.2) is 11.5 Å². The highest BCUT2D eigenvalue weighted by Gasteiger charge is 2.47. The number of fused-ring (bicyclic) bond motifs is 1. The third-order valence-electron chi connectivity index (χ3n) is 6.63. The summed E-state index contributed by atoms with van der Waals surface area (Å²) in [4.78, 5) is 28.6. The Labute approximate surface area is 221 Å². The molecule has 6 heteroatoms. The van der Waals surface area contributed by atoms with Crippen molar-refractivity contribution in [1.82, 2.24) is 0 Å². The van der Waals surface area contributed by atoms with Crippen LogP contribution in [0, 0.1) is 6.92 Å². The van der Waals surface area contributed by atoms with Gasteiger partial charge in [-0.25, -0.2) is 0 Å². The lowest BCUT2D eigenvalue weighted by Gasteiger charge is -2.26. The molecule has 0 spiro atoms. The Morgan fingerprint density at radius 3 is 2.29 bits per heavy atom. The molecule has 0 saturated carbocycles. The molecular weight excluding hydrogens is 478 g/mol. The number of nitrogens with zero attached hydrogens (tertiary/aromatic N) is 1. The van der Waals surface area contributed by atoms with Crippen LogP contribution in [-0.4, -0.2) is 30.0 Å². The fourth-order valence-electron chi connectivity index (χ4n) is 4.94. The molecule has 0 radical (unpaired) electrons. The van der Waals surface area contributed by atoms with Crippen LogP contribution in [0.5, 0.6) is 11.5 Å². The van der Waals surface area contributed by atoms with Crippen LogP contribution in [0.15, 0.2) is 90.5 Å². The van der Waals surface area contributed by atoms with E-state index in [2.05, 4.69) is 0 Å². The molecule has 192 valence electrons. The Kier molecular flexibility index (Phi) is 6.88. The topological polar surface area (TPSA) is 76.1 Å². The number of aryl methyl sites for hydroxylation is 1. The van der Waals surface area contributed by atoms with Crippen molar-refractivity contribution in [3.8, 4) is 11.5 Å². The third-order valence-corrected chi connectivity index (χ3v) is 6.63. The largest absolute Gasteiger partial charge is 0.507 e. The smallest absolute Gasteiger partial charge is 0.300 e. The number of hydrogen-bond donors (Lipinski definition) is 1. The summed E-state index contributed by atoms with van der Waals surface area (Å²) in [6.07, 6.45) is 0. The normalized spacial score (nSPS) is 16.7. The molecule has 4 aromatic carbocycles. The second-order valence-corrected chi connectivity index (χ2v) is 9.14. The number of carbonyl (C=O) groups excluding carboxylic acids is 2. The second kappa shape index (κ2) is 10.4. The van der Waals surface area contributed by atoms with E-state index >= 15 is 0 Å². The molecule has 1 saturated heterocycles. The molecule has 38 heavy (non-hydrogen) atoms. The lowest BCUT2D eigenvalue weighted by atomic mass is 9.93. The minimum atomic E-state index is -0.825. The van der Waals surface area contributed by atoms with Gasteiger partial charge < -0.3 is 14.6 Å². The van der Waals surface area contributed by atoms with E-state index in [0.717, 1.165) is 21.9 Å². The fourth-order valence-corrected chi connectivity index (χ4v) is 4.94. The van der Waals surface area contributed by atoms with Gasteiger partial charge in [0.25, 0.3) is 11.7 Å². The van der Waals surface area contributed by atoms with Crippen molar-refractivity contribution in [2.45, 2.75) is 26.8 Å². The highest BCUT2D eigenvalue weighted by Crippen LogP contribution is 2.44. The van der Waals surface area contributed by atoms with E-state index in [1.165, 1.54) is 4.90 Å². The Balaban J connectivity index is 1.70. The molecule has 5 rings (SSSR count). The average Bonchev–Trinajstić information content (AvgIpc) is 3.19. The van der Waals surface area contributed by atoms with E-state index in [0.29, 0.717) is 36.0 Å². The maximum atomic E-state index is 13.6. The van der Waals surface area contributed by atoms with Gasteiger partial charge in [-0.2, -0.15) is 0 Å². The summed E-state index contributed by atoms with van der Waals surface area (Å²) in [5, 5.41) is 13.5. The second-order valence-electron chi connectivity index (χ2n) is 9.14. The van der Waals surface area contributed by atoms with Crippen molar-refractivity contribution in [2.75, 3.05) is 18.1 Å². The van der Waals surface area contributed by atoms with Crippen LogP contribution < -0.4 is 14.4 Å². The van der Waals surface area contributed by atoms with Crippen molar-refractivity contribution in [2.24, 2.45) is 0 Å². The summed E-state index contributed by atoms with van der Waals surface area (Å²) in [5.74, 6) is -0.636. The molecule has 1 aliphatic heterocycles. The van der Waals surface area contributed by atoms with Gasteiger partial charge in [0.05, 0.1) is 24.8 Å². The van der Waals surface area contributed by atoms with Crippen LogP contribution in [0.2, 0.25) is 0 Å². The first-order chi connectivity index (χ1) is 18.4. The van der Waals surface area contributed by atoms with Crippen molar-refractivity contribution >= 4 is 33.9 Å². The van der Waals surface area contributed by atoms with Crippen molar-refractivity contribution < 1.29 is 24.2 Å². The quantitative estimate of drug-likeness (QED) is 0.174. The van der Waals surface area contributed by atoms with Gasteiger partial charge in [-0.1, -0.05) is 66.2 Å². The maximum Gasteiger partial charge on any atom is 0.300 e. The summed E-state index contributed by atoms with van der Waals surface area (Å²) in [6.45, 7) is 6.56. The lowest BCUT2D eigenvalue weighted by molar-refractivity contribution is -0.132. The SMILES string of the molecule is CCOc1ccc(N2C(=O)C(=O)/C(=C(\O)c3ccc4ccccc4c3)C2c2cccc(C)c2)cc1OCC. The highest BCUT2D eigenvalue weighted by molar-refractivity contribution is 6.51. The molecule has 1 heterocycles. The monoisotopic (exact) mass is 507 g/mol. The Morgan fingerprint density at radius 1 is 0.816 bits per heavy atom. The summed E-state index contributed by atoms with van der Waals surface area (Å²) < 4.78 is 11.5. The third kappa shape index (κ3) is 4.50. The van der Waals surface area contributed by atoms with Crippen LogP contribution in [-0.2, 0) is 9.59 Å². The Hall–Kier alpha value is -4.58. The van der Waals surface area contributed by atoms with Gasteiger partial charge in [0.1, 0.15) is 5.76 Å². The predicted molar refractivity (Wildman–Crippen MR) is 149 cm³/mol. The molecule has 1 amide bonds. The van der Waals surface area contributed by atoms with E-state index in [1.54, 1.807) is 24.3 Å². The van der Waals surface area contributed by atoms with E-state index in [4.69, 9.17) is 9.47 Å². The van der Waals surface area contributed by atoms with E-state index < -0.39 is 17.7 Å². The van der Waals surface area contributed by atoms with Crippen molar-refractivity contribution in [1.29, 1.82) is 0 Å². The average molecular weight is 508 g/mol.